The van der Waals surface area contributed by atoms with Crippen LogP contribution in [-0.4, -0.2) is 48.7 Å². The summed E-state index contributed by atoms with van der Waals surface area (Å²) in [5, 5.41) is 47.2. The predicted octanol–water partition coefficient (Wildman–Crippen LogP) is 1.08. The molecule has 3 aliphatic rings. The standard InChI is InChI=1S/C22H18N2O8/c23-21(30)16-13(25)5-11-4-9-3-8-1-2-12(10-6-24-32-7-10)17(26)14(8)18(27)15(9)19(28)22(11,31)20(16)29/h1-2,6-7,9,11,26-27,29,31H,3-5H2,(H2,23,30)/t9-,11-,22-/m0/s1. The number of hydrogen-bond donors (Lipinski definition) is 5. The summed E-state index contributed by atoms with van der Waals surface area (Å²) in [5.41, 5.74) is 2.97. The van der Waals surface area contributed by atoms with Crippen molar-refractivity contribution in [3.63, 3.8) is 0 Å². The van der Waals surface area contributed by atoms with Crippen molar-refractivity contribution < 1.29 is 39.3 Å². The second-order valence-corrected chi connectivity index (χ2v) is 8.32. The lowest BCUT2D eigenvalue weighted by Gasteiger charge is -2.46. The highest BCUT2D eigenvalue weighted by Gasteiger charge is 2.60. The van der Waals surface area contributed by atoms with Gasteiger partial charge in [0.2, 0.25) is 5.78 Å². The van der Waals surface area contributed by atoms with E-state index in [0.29, 0.717) is 16.7 Å². The lowest BCUT2D eigenvalue weighted by atomic mass is 9.59. The normalized spacial score (nSPS) is 27.2. The van der Waals surface area contributed by atoms with Gasteiger partial charge in [0.1, 0.15) is 29.1 Å². The van der Waals surface area contributed by atoms with Gasteiger partial charge in [-0.2, -0.15) is 0 Å². The Labute approximate surface area is 180 Å². The first kappa shape index (κ1) is 20.0. The number of amides is 1. The van der Waals surface area contributed by atoms with Crippen LogP contribution in [0.3, 0.4) is 0 Å². The van der Waals surface area contributed by atoms with Gasteiger partial charge in [-0.05, 0) is 24.3 Å². The fourth-order valence-corrected chi connectivity index (χ4v) is 5.17. The number of aromatic hydroxyl groups is 1. The topological polar surface area (TPSA) is 184 Å². The highest BCUT2D eigenvalue weighted by atomic mass is 16.5. The maximum Gasteiger partial charge on any atom is 0.255 e. The zero-order chi connectivity index (χ0) is 22.9. The predicted molar refractivity (Wildman–Crippen MR) is 107 cm³/mol. The van der Waals surface area contributed by atoms with Crippen LogP contribution in [0, 0.1) is 11.8 Å². The number of aromatic nitrogens is 1. The molecule has 0 aliphatic heterocycles. The molecular formula is C22H18N2O8. The molecule has 164 valence electrons. The Balaban J connectivity index is 1.69. The molecule has 1 saturated carbocycles. The molecule has 10 nitrogen and oxygen atoms in total. The molecular weight excluding hydrogens is 420 g/mol. The smallest absolute Gasteiger partial charge is 0.255 e. The van der Waals surface area contributed by atoms with E-state index in [2.05, 4.69) is 5.16 Å². The minimum absolute atomic E-state index is 0.0239. The molecule has 10 heteroatoms. The van der Waals surface area contributed by atoms with E-state index < -0.39 is 52.0 Å². The summed E-state index contributed by atoms with van der Waals surface area (Å²) in [6.45, 7) is 0. The fourth-order valence-electron chi connectivity index (χ4n) is 5.17. The summed E-state index contributed by atoms with van der Waals surface area (Å²) < 4.78 is 4.80. The third-order valence-electron chi connectivity index (χ3n) is 6.68. The number of Topliss-reactive ketones (excluding diaryl/α,β-unsaturated/α-hetero) is 2. The van der Waals surface area contributed by atoms with Gasteiger partial charge in [0.05, 0.1) is 11.8 Å². The first-order chi connectivity index (χ1) is 15.2. The second-order valence-electron chi connectivity index (χ2n) is 8.32. The number of aliphatic hydroxyl groups excluding tert-OH is 2. The van der Waals surface area contributed by atoms with Crippen molar-refractivity contribution >= 4 is 23.2 Å². The number of phenolic OH excluding ortho intramolecular Hbond substituents is 1. The number of nitrogens with zero attached hydrogens (tertiary/aromatic N) is 1. The zero-order valence-corrected chi connectivity index (χ0v) is 16.5. The third kappa shape index (κ3) is 2.43. The number of fused-ring (bicyclic) bond motifs is 3. The lowest BCUT2D eigenvalue weighted by molar-refractivity contribution is -0.147. The minimum Gasteiger partial charge on any atom is -0.508 e. The summed E-state index contributed by atoms with van der Waals surface area (Å²) in [5.74, 6) is -6.50. The molecule has 3 aliphatic carbocycles. The quantitative estimate of drug-likeness (QED) is 0.428. The first-order valence-corrected chi connectivity index (χ1v) is 9.88. The van der Waals surface area contributed by atoms with Crippen molar-refractivity contribution in [1.82, 2.24) is 5.16 Å². The molecule has 32 heavy (non-hydrogen) atoms. The number of ketones is 2. The molecule has 6 N–H and O–H groups in total. The molecule has 1 aromatic carbocycles. The van der Waals surface area contributed by atoms with E-state index in [0.717, 1.165) is 0 Å². The van der Waals surface area contributed by atoms with Crippen molar-refractivity contribution in [2.45, 2.75) is 24.9 Å². The van der Waals surface area contributed by atoms with Gasteiger partial charge in [0, 0.05) is 29.0 Å². The molecule has 1 heterocycles. The van der Waals surface area contributed by atoms with Gasteiger partial charge in [-0.25, -0.2) is 0 Å². The van der Waals surface area contributed by atoms with Crippen molar-refractivity contribution in [3.05, 3.63) is 52.6 Å². The number of aliphatic hydroxyl groups is 3. The Bertz CT molecular complexity index is 1270. The van der Waals surface area contributed by atoms with Gasteiger partial charge in [0.25, 0.3) is 5.91 Å². The van der Waals surface area contributed by atoms with Gasteiger partial charge >= 0.3 is 0 Å². The Morgan fingerprint density at radius 2 is 1.94 bits per heavy atom. The molecule has 3 atom stereocenters. The van der Waals surface area contributed by atoms with E-state index in [9.17, 15) is 34.8 Å². The summed E-state index contributed by atoms with van der Waals surface area (Å²) in [6, 6.07) is 3.34. The van der Waals surface area contributed by atoms with Crippen molar-refractivity contribution in [3.8, 4) is 16.9 Å². The Kier molecular flexibility index (Phi) is 4.09. The zero-order valence-electron chi connectivity index (χ0n) is 16.5. The second kappa shape index (κ2) is 6.54. The van der Waals surface area contributed by atoms with Gasteiger partial charge < -0.3 is 30.7 Å². The lowest BCUT2D eigenvalue weighted by Crippen LogP contribution is -2.58. The third-order valence-corrected chi connectivity index (χ3v) is 6.68. The van der Waals surface area contributed by atoms with E-state index in [1.165, 1.54) is 12.5 Å². The summed E-state index contributed by atoms with van der Waals surface area (Å²) in [7, 11) is 0. The van der Waals surface area contributed by atoms with Crippen molar-refractivity contribution in [2.75, 3.05) is 0 Å². The SMILES string of the molecule is NC(=O)C1=C(O)[C@@]2(O)C(=O)C3=C(O)c4c(ccc(-c5cnoc5)c4O)C[C@H]3C[C@H]2CC1=O. The molecule has 0 unspecified atom stereocenters. The number of phenols is 1. The van der Waals surface area contributed by atoms with Crippen LogP contribution in [0.4, 0.5) is 0 Å². The van der Waals surface area contributed by atoms with E-state index in [1.54, 1.807) is 12.1 Å². The number of nitrogens with two attached hydrogens (primary N) is 1. The molecule has 2 aromatic rings. The fraction of sp³-hybridized carbons (Fsp3) is 0.273. The maximum absolute atomic E-state index is 13.4. The van der Waals surface area contributed by atoms with Gasteiger partial charge in [-0.1, -0.05) is 17.3 Å². The maximum atomic E-state index is 13.4. The van der Waals surface area contributed by atoms with Crippen LogP contribution in [0.15, 0.2) is 46.0 Å². The van der Waals surface area contributed by atoms with Crippen LogP contribution in [0.5, 0.6) is 5.75 Å². The largest absolute Gasteiger partial charge is 0.508 e. The Morgan fingerprint density at radius 1 is 1.19 bits per heavy atom. The molecule has 1 fully saturated rings. The molecule has 0 saturated heterocycles. The van der Waals surface area contributed by atoms with Crippen LogP contribution in [0.1, 0.15) is 24.0 Å². The van der Waals surface area contributed by atoms with Crippen molar-refractivity contribution in [1.29, 1.82) is 0 Å². The van der Waals surface area contributed by atoms with Crippen LogP contribution >= 0.6 is 0 Å². The monoisotopic (exact) mass is 438 g/mol. The van der Waals surface area contributed by atoms with E-state index in [4.69, 9.17) is 10.3 Å². The number of carbonyl (C=O) groups excluding carboxylic acids is 3. The first-order valence-electron chi connectivity index (χ1n) is 9.88. The van der Waals surface area contributed by atoms with Crippen molar-refractivity contribution in [2.24, 2.45) is 17.6 Å². The van der Waals surface area contributed by atoms with Crippen LogP contribution in [-0.2, 0) is 20.8 Å². The molecule has 0 bridgehead atoms. The number of hydrogen-bond acceptors (Lipinski definition) is 9. The highest BCUT2D eigenvalue weighted by Crippen LogP contribution is 2.52. The van der Waals surface area contributed by atoms with Crippen LogP contribution in [0.2, 0.25) is 0 Å². The van der Waals surface area contributed by atoms with E-state index in [-0.39, 0.29) is 36.1 Å². The molecule has 1 aromatic heterocycles. The van der Waals surface area contributed by atoms with E-state index >= 15 is 0 Å². The molecule has 0 radical (unpaired) electrons. The summed E-state index contributed by atoms with van der Waals surface area (Å²) >= 11 is 0. The number of rotatable bonds is 2. The molecule has 0 spiro atoms. The van der Waals surface area contributed by atoms with Gasteiger partial charge in [-0.3, -0.25) is 14.4 Å². The van der Waals surface area contributed by atoms with Crippen LogP contribution in [0.25, 0.3) is 16.9 Å². The highest BCUT2D eigenvalue weighted by molar-refractivity contribution is 6.22. The number of carbonyl (C=O) groups is 3. The Hall–Kier alpha value is -3.92. The van der Waals surface area contributed by atoms with E-state index in [1.807, 2.05) is 0 Å². The number of primary amides is 1. The summed E-state index contributed by atoms with van der Waals surface area (Å²) in [6.07, 6.45) is 2.69. The van der Waals surface area contributed by atoms with Crippen LogP contribution < -0.4 is 5.73 Å². The minimum atomic E-state index is -2.57. The average molecular weight is 438 g/mol. The molecule has 1 amide bonds. The Morgan fingerprint density at radius 3 is 2.59 bits per heavy atom. The molecule has 5 rings (SSSR count). The average Bonchev–Trinajstić information content (AvgIpc) is 3.25. The van der Waals surface area contributed by atoms with Gasteiger partial charge in [-0.15, -0.1) is 0 Å². The summed E-state index contributed by atoms with van der Waals surface area (Å²) in [4.78, 5) is 37.4. The van der Waals surface area contributed by atoms with Gasteiger partial charge in [0.15, 0.2) is 11.4 Å². The number of benzene rings is 1.